The van der Waals surface area contributed by atoms with E-state index < -0.39 is 5.41 Å². The molecule has 3 heterocycles. The minimum atomic E-state index is -0.428. The van der Waals surface area contributed by atoms with E-state index in [1.165, 1.54) is 60.9 Å². The van der Waals surface area contributed by atoms with Crippen molar-refractivity contribution in [1.82, 2.24) is 15.0 Å². The fraction of sp³-hybridized carbons (Fsp3) is 0.0200. The van der Waals surface area contributed by atoms with Crippen LogP contribution in [0.1, 0.15) is 22.3 Å². The second-order valence-electron chi connectivity index (χ2n) is 14.6. The van der Waals surface area contributed by atoms with Crippen molar-refractivity contribution in [2.45, 2.75) is 5.41 Å². The number of fused-ring (bicyclic) bond motifs is 13. The Morgan fingerprint density at radius 2 is 0.870 bits per heavy atom. The smallest absolute Gasteiger partial charge is 0.208 e. The van der Waals surface area contributed by atoms with Gasteiger partial charge in [-0.15, -0.1) is 0 Å². The Balaban J connectivity index is 1.15. The van der Waals surface area contributed by atoms with Crippen molar-refractivity contribution in [3.63, 3.8) is 0 Å². The predicted octanol–water partition coefficient (Wildman–Crippen LogP) is 9.20. The molecule has 3 nitrogen and oxygen atoms in total. The molecule has 9 aromatic rings. The van der Waals surface area contributed by atoms with Gasteiger partial charge in [0.15, 0.2) is 17.5 Å². The topological polar surface area (TPSA) is 38.7 Å². The van der Waals surface area contributed by atoms with Crippen LogP contribution < -0.4 is 16.4 Å². The number of nitrogens with zero attached hydrogens (tertiary/aromatic N) is 3. The van der Waals surface area contributed by atoms with E-state index in [1.807, 2.05) is 18.2 Å². The molecule has 1 aliphatic carbocycles. The largest absolute Gasteiger partial charge is 0.243 e. The first-order valence-electron chi connectivity index (χ1n) is 18.7. The van der Waals surface area contributed by atoms with E-state index in [0.29, 0.717) is 17.5 Å². The molecule has 0 N–H and O–H groups in total. The highest BCUT2D eigenvalue weighted by atomic mass is 15.0. The van der Waals surface area contributed by atoms with Crippen LogP contribution in [0.25, 0.3) is 67.2 Å². The molecule has 0 saturated carbocycles. The van der Waals surface area contributed by atoms with E-state index in [-0.39, 0.29) is 6.71 Å². The van der Waals surface area contributed by atoms with E-state index in [4.69, 9.17) is 15.0 Å². The molecule has 54 heavy (non-hydrogen) atoms. The Kier molecular flexibility index (Phi) is 6.07. The molecule has 248 valence electrons. The fourth-order valence-electron chi connectivity index (χ4n) is 10.0. The van der Waals surface area contributed by atoms with Crippen molar-refractivity contribution in [2.24, 2.45) is 0 Å². The van der Waals surface area contributed by atoms with Crippen LogP contribution in [0.15, 0.2) is 182 Å². The minimum Gasteiger partial charge on any atom is -0.208 e. The fourth-order valence-corrected chi connectivity index (χ4v) is 10.0. The molecule has 0 unspecified atom stereocenters. The molecule has 2 aliphatic heterocycles. The van der Waals surface area contributed by atoms with Crippen LogP contribution in [0, 0.1) is 0 Å². The Morgan fingerprint density at radius 3 is 1.69 bits per heavy atom. The van der Waals surface area contributed by atoms with Gasteiger partial charge < -0.3 is 0 Å². The minimum absolute atomic E-state index is 0.0841. The van der Waals surface area contributed by atoms with Gasteiger partial charge in [-0.1, -0.05) is 198 Å². The lowest BCUT2D eigenvalue weighted by Gasteiger charge is -2.42. The van der Waals surface area contributed by atoms with Crippen molar-refractivity contribution in [3.8, 4) is 56.4 Å². The highest BCUT2D eigenvalue weighted by molar-refractivity contribution is 7.00. The van der Waals surface area contributed by atoms with Gasteiger partial charge in [0.25, 0.3) is 0 Å². The standard InChI is InChI=1S/C50H30BN3/c1-2-16-32(17-3-1)47-52-48(36-22-12-18-31-15-4-5-19-33(31)36)54-49(53-47)38-24-14-30-44-45(38)37-23-13-28-42-46(37)51(44)43-29-11-10-27-41(43)50(42)39-25-8-6-20-34(39)35-21-7-9-26-40(35)50/h1-30H. The number of aromatic nitrogens is 3. The number of rotatable bonds is 3. The summed E-state index contributed by atoms with van der Waals surface area (Å²) in [7, 11) is 0. The number of benzene rings is 8. The van der Waals surface area contributed by atoms with Crippen LogP contribution in [-0.4, -0.2) is 21.7 Å². The average molecular weight is 684 g/mol. The van der Waals surface area contributed by atoms with Gasteiger partial charge in [0, 0.05) is 16.7 Å². The highest BCUT2D eigenvalue weighted by Gasteiger charge is 2.54. The second-order valence-corrected chi connectivity index (χ2v) is 14.6. The monoisotopic (exact) mass is 683 g/mol. The molecular weight excluding hydrogens is 653 g/mol. The van der Waals surface area contributed by atoms with Gasteiger partial charge in [0.05, 0.1) is 5.41 Å². The van der Waals surface area contributed by atoms with Crippen molar-refractivity contribution in [1.29, 1.82) is 0 Å². The Hall–Kier alpha value is -6.91. The molecule has 1 aromatic heterocycles. The van der Waals surface area contributed by atoms with Crippen LogP contribution in [0.4, 0.5) is 0 Å². The molecule has 3 aliphatic rings. The molecule has 0 amide bonds. The average Bonchev–Trinajstić information content (AvgIpc) is 3.74. The quantitative estimate of drug-likeness (QED) is 0.174. The van der Waals surface area contributed by atoms with Gasteiger partial charge in [-0.05, 0) is 55.3 Å². The lowest BCUT2D eigenvalue weighted by Crippen LogP contribution is -2.59. The third-order valence-electron chi connectivity index (χ3n) is 12.0. The van der Waals surface area contributed by atoms with Crippen molar-refractivity contribution in [2.75, 3.05) is 0 Å². The van der Waals surface area contributed by atoms with Gasteiger partial charge in [-0.25, -0.2) is 15.0 Å². The summed E-state index contributed by atoms with van der Waals surface area (Å²) < 4.78 is 0. The zero-order chi connectivity index (χ0) is 35.4. The van der Waals surface area contributed by atoms with Gasteiger partial charge in [0.1, 0.15) is 0 Å². The zero-order valence-corrected chi connectivity index (χ0v) is 29.2. The number of hydrogen-bond acceptors (Lipinski definition) is 3. The van der Waals surface area contributed by atoms with Gasteiger partial charge in [0.2, 0.25) is 6.71 Å². The number of hydrogen-bond donors (Lipinski definition) is 0. The van der Waals surface area contributed by atoms with E-state index >= 15 is 0 Å². The summed E-state index contributed by atoms with van der Waals surface area (Å²) in [4.78, 5) is 15.8. The van der Waals surface area contributed by atoms with Crippen LogP contribution in [0.3, 0.4) is 0 Å². The molecular formula is C50H30BN3. The summed E-state index contributed by atoms with van der Waals surface area (Å²) in [6.45, 7) is 0.0841. The summed E-state index contributed by atoms with van der Waals surface area (Å²) in [5.74, 6) is 2.02. The summed E-state index contributed by atoms with van der Waals surface area (Å²) in [5.41, 5.74) is 17.1. The van der Waals surface area contributed by atoms with Crippen molar-refractivity contribution < 1.29 is 0 Å². The summed E-state index contributed by atoms with van der Waals surface area (Å²) in [5, 5.41) is 2.28. The maximum absolute atomic E-state index is 5.34. The molecule has 4 heteroatoms. The summed E-state index contributed by atoms with van der Waals surface area (Å²) in [6.07, 6.45) is 0. The van der Waals surface area contributed by atoms with E-state index in [9.17, 15) is 0 Å². The molecule has 0 bridgehead atoms. The first kappa shape index (κ1) is 29.6. The predicted molar refractivity (Wildman–Crippen MR) is 221 cm³/mol. The summed E-state index contributed by atoms with van der Waals surface area (Å²) >= 11 is 0. The SMILES string of the molecule is c1ccc(-c2nc(-c3cccc4c3-c3cccc5c3B4c3ccccc3C53c4ccccc4-c4ccccc43)nc(-c3cccc4ccccc34)n2)cc1. The molecule has 8 aromatic carbocycles. The van der Waals surface area contributed by atoms with E-state index in [0.717, 1.165) is 27.5 Å². The van der Waals surface area contributed by atoms with E-state index in [1.54, 1.807) is 0 Å². The van der Waals surface area contributed by atoms with Crippen molar-refractivity contribution in [3.05, 3.63) is 204 Å². The van der Waals surface area contributed by atoms with Gasteiger partial charge in [-0.3, -0.25) is 0 Å². The first-order chi connectivity index (χ1) is 26.8. The molecule has 0 saturated heterocycles. The maximum atomic E-state index is 5.34. The van der Waals surface area contributed by atoms with Crippen LogP contribution >= 0.6 is 0 Å². The molecule has 0 radical (unpaired) electrons. The summed E-state index contributed by atoms with van der Waals surface area (Å²) in [6, 6.07) is 66.0. The molecule has 1 spiro atoms. The maximum Gasteiger partial charge on any atom is 0.243 e. The third-order valence-corrected chi connectivity index (χ3v) is 12.0. The van der Waals surface area contributed by atoms with E-state index in [2.05, 4.69) is 164 Å². The normalized spacial score (nSPS) is 13.7. The Morgan fingerprint density at radius 1 is 0.352 bits per heavy atom. The van der Waals surface area contributed by atoms with Crippen LogP contribution in [0.2, 0.25) is 0 Å². The van der Waals surface area contributed by atoms with Crippen LogP contribution in [-0.2, 0) is 5.41 Å². The molecule has 0 fully saturated rings. The Labute approximate surface area is 313 Å². The molecule has 0 atom stereocenters. The van der Waals surface area contributed by atoms with Gasteiger partial charge >= 0.3 is 0 Å². The zero-order valence-electron chi connectivity index (χ0n) is 29.2. The van der Waals surface area contributed by atoms with Gasteiger partial charge in [-0.2, -0.15) is 0 Å². The molecule has 12 rings (SSSR count). The third kappa shape index (κ3) is 3.84. The first-order valence-corrected chi connectivity index (χ1v) is 18.7. The Bertz CT molecular complexity index is 2970. The highest BCUT2D eigenvalue weighted by Crippen LogP contribution is 2.57. The van der Waals surface area contributed by atoms with Crippen LogP contribution in [0.5, 0.6) is 0 Å². The van der Waals surface area contributed by atoms with Crippen molar-refractivity contribution >= 4 is 33.9 Å². The lowest BCUT2D eigenvalue weighted by molar-refractivity contribution is 0.775. The lowest BCUT2D eigenvalue weighted by atomic mass is 9.32. The second kappa shape index (κ2) is 11.1.